The topological polar surface area (TPSA) is 96.0 Å². The number of amides is 1. The minimum Gasteiger partial charge on any atom is -0.487 e. The molecule has 51 heavy (non-hydrogen) atoms. The molecule has 0 bridgehead atoms. The van der Waals surface area contributed by atoms with Gasteiger partial charge in [-0.15, -0.1) is 0 Å². The molecular formula is C38H57F4N2O6P. The molecule has 1 N–H and O–H groups in total. The summed E-state index contributed by atoms with van der Waals surface area (Å²) in [5.74, 6) is -1.78. The quantitative estimate of drug-likeness (QED) is 0.0526. The number of carbonyl (C=O) groups is 1. The van der Waals surface area contributed by atoms with Crippen LogP contribution in [0.5, 0.6) is 11.5 Å². The largest absolute Gasteiger partial charge is 0.487 e. The Morgan fingerprint density at radius 3 is 1.94 bits per heavy atom. The number of alkyl halides is 4. The molecule has 0 fully saturated rings. The van der Waals surface area contributed by atoms with Crippen LogP contribution in [0.4, 0.5) is 17.6 Å². The van der Waals surface area contributed by atoms with Crippen molar-refractivity contribution in [3.05, 3.63) is 59.5 Å². The van der Waals surface area contributed by atoms with Crippen LogP contribution in [0.15, 0.2) is 48.3 Å². The van der Waals surface area contributed by atoms with E-state index in [1.807, 2.05) is 0 Å². The van der Waals surface area contributed by atoms with Crippen LogP contribution in [0.2, 0.25) is 0 Å². The van der Waals surface area contributed by atoms with E-state index >= 15 is 4.39 Å². The minimum atomic E-state index is -4.46. The molecular weight excluding hydrogens is 687 g/mol. The monoisotopic (exact) mass is 744 g/mol. The highest BCUT2D eigenvalue weighted by molar-refractivity contribution is 7.54. The molecule has 1 aromatic carbocycles. The number of rotatable bonds is 28. The zero-order valence-electron chi connectivity index (χ0n) is 30.5. The highest BCUT2D eigenvalue weighted by atomic mass is 31.2. The van der Waals surface area contributed by atoms with E-state index in [4.69, 9.17) is 18.5 Å². The second kappa shape index (κ2) is 25.1. The number of halogens is 4. The van der Waals surface area contributed by atoms with Gasteiger partial charge >= 0.3 is 13.8 Å². The smallest absolute Gasteiger partial charge is 0.422 e. The Balaban J connectivity index is 1.94. The molecule has 1 atom stereocenters. The predicted molar refractivity (Wildman–Crippen MR) is 193 cm³/mol. The molecule has 0 saturated heterocycles. The summed E-state index contributed by atoms with van der Waals surface area (Å²) < 4.78 is 86.9. The van der Waals surface area contributed by atoms with E-state index in [2.05, 4.69) is 17.2 Å². The average molecular weight is 745 g/mol. The summed E-state index contributed by atoms with van der Waals surface area (Å²) in [6.07, 6.45) is 13.9. The Hall–Kier alpha value is -2.95. The number of unbranched alkanes of at least 4 members (excludes halogenated alkanes) is 12. The van der Waals surface area contributed by atoms with Gasteiger partial charge in [-0.05, 0) is 50.1 Å². The van der Waals surface area contributed by atoms with Gasteiger partial charge in [0.05, 0.1) is 18.9 Å². The van der Waals surface area contributed by atoms with Gasteiger partial charge in [0.1, 0.15) is 18.1 Å². The predicted octanol–water partition coefficient (Wildman–Crippen LogP) is 11.5. The lowest BCUT2D eigenvalue weighted by molar-refractivity contribution is -0.153. The average Bonchev–Trinajstić information content (AvgIpc) is 3.09. The molecule has 1 aromatic heterocycles. The van der Waals surface area contributed by atoms with Crippen LogP contribution < -0.4 is 14.8 Å². The summed E-state index contributed by atoms with van der Waals surface area (Å²) >= 11 is 0. The first-order chi connectivity index (χ1) is 24.5. The van der Waals surface area contributed by atoms with Crippen LogP contribution in [0.25, 0.3) is 6.08 Å². The number of hydrogen-bond acceptors (Lipinski definition) is 7. The first-order valence-electron chi connectivity index (χ1n) is 18.4. The van der Waals surface area contributed by atoms with Gasteiger partial charge in [0.2, 0.25) is 11.8 Å². The summed E-state index contributed by atoms with van der Waals surface area (Å²) in [5, 5.41) is 2.81. The summed E-state index contributed by atoms with van der Waals surface area (Å²) in [5.41, 5.74) is 1.22. The van der Waals surface area contributed by atoms with E-state index in [1.54, 1.807) is 44.2 Å². The van der Waals surface area contributed by atoms with Crippen LogP contribution in [-0.2, 0) is 25.0 Å². The van der Waals surface area contributed by atoms with Crippen LogP contribution in [0.3, 0.4) is 0 Å². The lowest BCUT2D eigenvalue weighted by atomic mass is 10.0. The van der Waals surface area contributed by atoms with Gasteiger partial charge in [0.25, 0.3) is 0 Å². The number of nitrogens with zero attached hydrogens (tertiary/aromatic N) is 1. The molecule has 1 heterocycles. The number of ether oxygens (including phenoxy) is 2. The molecule has 288 valence electrons. The first-order valence-corrected chi connectivity index (χ1v) is 20.0. The highest BCUT2D eigenvalue weighted by Gasteiger charge is 2.36. The van der Waals surface area contributed by atoms with Gasteiger partial charge in [-0.1, -0.05) is 96.1 Å². The summed E-state index contributed by atoms with van der Waals surface area (Å²) in [6.45, 7) is 4.01. The number of nitrogens with one attached hydrogen (secondary N) is 1. The Bertz CT molecular complexity index is 1320. The van der Waals surface area contributed by atoms with Crippen molar-refractivity contribution in [1.82, 2.24) is 10.3 Å². The normalized spacial score (nSPS) is 12.9. The maximum absolute atomic E-state index is 15.5. The molecule has 8 nitrogen and oxygen atoms in total. The van der Waals surface area contributed by atoms with Crippen LogP contribution >= 0.6 is 7.60 Å². The second-order valence-corrected chi connectivity index (χ2v) is 14.6. The molecule has 0 aliphatic carbocycles. The molecule has 0 radical (unpaired) electrons. The van der Waals surface area contributed by atoms with E-state index in [-0.39, 0.29) is 43.6 Å². The molecule has 0 saturated carbocycles. The van der Waals surface area contributed by atoms with Gasteiger partial charge in [0.15, 0.2) is 6.61 Å². The fourth-order valence-electron chi connectivity index (χ4n) is 5.35. The van der Waals surface area contributed by atoms with E-state index in [1.165, 1.54) is 76.1 Å². The van der Waals surface area contributed by atoms with Crippen molar-refractivity contribution >= 4 is 19.6 Å². The van der Waals surface area contributed by atoms with Crippen molar-refractivity contribution in [3.8, 4) is 11.5 Å². The molecule has 0 aliphatic rings. The number of aromatic nitrogens is 1. The van der Waals surface area contributed by atoms with Crippen LogP contribution in [0, 0.1) is 0 Å². The summed E-state index contributed by atoms with van der Waals surface area (Å²) in [6, 6.07) is 9.40. The fourth-order valence-corrected chi connectivity index (χ4v) is 6.89. The number of pyridine rings is 1. The highest BCUT2D eigenvalue weighted by Crippen LogP contribution is 2.55. The second-order valence-electron chi connectivity index (χ2n) is 12.5. The molecule has 0 spiro atoms. The van der Waals surface area contributed by atoms with Crippen molar-refractivity contribution in [2.45, 2.75) is 136 Å². The first kappa shape index (κ1) is 44.2. The van der Waals surface area contributed by atoms with Gasteiger partial charge in [0, 0.05) is 30.8 Å². The minimum absolute atomic E-state index is 0.00398. The number of carbonyl (C=O) groups excluding carboxylic acids is 1. The summed E-state index contributed by atoms with van der Waals surface area (Å²) in [4.78, 5) is 17.0. The van der Waals surface area contributed by atoms with Crippen molar-refractivity contribution in [3.63, 3.8) is 0 Å². The molecule has 1 unspecified atom stereocenters. The van der Waals surface area contributed by atoms with Crippen molar-refractivity contribution < 1.29 is 45.4 Å². The Labute approximate surface area is 301 Å². The standard InChI is InChI=1S/C38H57F4N2O6P/c1-4-7-8-9-10-11-12-13-14-15-16-17-18-19-37(45)44-32(28-36(39)51(46,49-5-2)50-6-3)26-31-20-22-34(23-21-31)47-29-33-27-35(24-25-43-33)48-30-38(40,41)42/h20-27,36H,4-19,28-30H2,1-3H3,(H,44,45)/b32-26-. The van der Waals surface area contributed by atoms with E-state index in [0.29, 0.717) is 23.4 Å². The van der Waals surface area contributed by atoms with Crippen LogP contribution in [-0.4, -0.2) is 42.8 Å². The van der Waals surface area contributed by atoms with Gasteiger partial charge < -0.3 is 23.8 Å². The third-order valence-electron chi connectivity index (χ3n) is 7.96. The molecule has 13 heteroatoms. The van der Waals surface area contributed by atoms with Gasteiger partial charge in [-0.3, -0.25) is 14.3 Å². The fraction of sp³-hybridized carbons (Fsp3) is 0.632. The molecule has 2 aromatic rings. The lowest BCUT2D eigenvalue weighted by Gasteiger charge is -2.22. The Morgan fingerprint density at radius 1 is 0.824 bits per heavy atom. The number of hydrogen-bond donors (Lipinski definition) is 1. The van der Waals surface area contributed by atoms with E-state index < -0.39 is 32.7 Å². The van der Waals surface area contributed by atoms with E-state index in [9.17, 15) is 22.5 Å². The molecule has 0 aliphatic heterocycles. The zero-order chi connectivity index (χ0) is 37.4. The number of benzene rings is 1. The van der Waals surface area contributed by atoms with Gasteiger partial charge in [-0.25, -0.2) is 4.39 Å². The zero-order valence-corrected chi connectivity index (χ0v) is 31.4. The molecule has 2 rings (SSSR count). The lowest BCUT2D eigenvalue weighted by Crippen LogP contribution is -2.24. The Kier molecular flexibility index (Phi) is 21.8. The van der Waals surface area contributed by atoms with Gasteiger partial charge in [-0.2, -0.15) is 13.2 Å². The third-order valence-corrected chi connectivity index (χ3v) is 10.1. The van der Waals surface area contributed by atoms with E-state index in [0.717, 1.165) is 19.3 Å². The van der Waals surface area contributed by atoms with Crippen molar-refractivity contribution in [2.24, 2.45) is 0 Å². The third kappa shape index (κ3) is 20.0. The number of allylic oxidation sites excluding steroid dienone is 1. The van der Waals surface area contributed by atoms with Crippen molar-refractivity contribution in [2.75, 3.05) is 19.8 Å². The Morgan fingerprint density at radius 2 is 1.39 bits per heavy atom. The SMILES string of the molecule is CCCCCCCCCCCCCCCC(=O)N/C(=C\c1ccc(OCc2cc(OCC(F)(F)F)ccn2)cc1)CC(F)P(=O)(OCC)OCC. The molecule has 1 amide bonds. The van der Waals surface area contributed by atoms with Crippen LogP contribution in [0.1, 0.15) is 128 Å². The maximum Gasteiger partial charge on any atom is 0.422 e. The summed E-state index contributed by atoms with van der Waals surface area (Å²) in [7, 11) is -4.08. The van der Waals surface area contributed by atoms with Crippen molar-refractivity contribution in [1.29, 1.82) is 0 Å². The maximum atomic E-state index is 15.5.